The smallest absolute Gasteiger partial charge is 0.298 e. The lowest BCUT2D eigenvalue weighted by atomic mass is 10.1. The predicted molar refractivity (Wildman–Crippen MR) is 65.7 cm³/mol. The van der Waals surface area contributed by atoms with Crippen LogP contribution in [-0.2, 0) is 4.79 Å². The van der Waals surface area contributed by atoms with Crippen LogP contribution in [0.2, 0.25) is 5.02 Å². The average Bonchev–Trinajstić information content (AvgIpc) is 2.14. The molecular formula is C10H7BrClF3OS. The number of benzene rings is 1. The maximum atomic E-state index is 12.1. The highest BCUT2D eigenvalue weighted by atomic mass is 79.9. The maximum absolute atomic E-state index is 12.1. The summed E-state index contributed by atoms with van der Waals surface area (Å²) in [6.45, 7) is 1.37. The van der Waals surface area contributed by atoms with E-state index in [2.05, 4.69) is 15.9 Å². The molecule has 0 fully saturated rings. The normalized spacial score (nSPS) is 13.5. The van der Waals surface area contributed by atoms with Gasteiger partial charge in [0.2, 0.25) is 0 Å². The Labute approximate surface area is 114 Å². The van der Waals surface area contributed by atoms with Gasteiger partial charge in [0.05, 0.1) is 4.83 Å². The molecule has 1 aromatic rings. The molecule has 0 saturated carbocycles. The van der Waals surface area contributed by atoms with Crippen molar-refractivity contribution in [3.63, 3.8) is 0 Å². The van der Waals surface area contributed by atoms with Crippen molar-refractivity contribution < 1.29 is 18.0 Å². The number of Topliss-reactive ketones (excluding diaryl/α,β-unsaturated/α-hetero) is 1. The number of ketones is 1. The minimum absolute atomic E-state index is 0.00509. The monoisotopic (exact) mass is 346 g/mol. The fourth-order valence-electron chi connectivity index (χ4n) is 1.13. The lowest BCUT2D eigenvalue weighted by Gasteiger charge is -2.11. The van der Waals surface area contributed by atoms with Crippen LogP contribution >= 0.6 is 39.3 Å². The lowest BCUT2D eigenvalue weighted by Crippen LogP contribution is -2.03. The highest BCUT2D eigenvalue weighted by Gasteiger charge is 2.29. The van der Waals surface area contributed by atoms with Crippen molar-refractivity contribution in [3.05, 3.63) is 28.8 Å². The summed E-state index contributed by atoms with van der Waals surface area (Å²) < 4.78 is 36.4. The van der Waals surface area contributed by atoms with Gasteiger partial charge in [0, 0.05) is 9.92 Å². The molecule has 1 nitrogen and oxygen atoms in total. The van der Waals surface area contributed by atoms with Crippen molar-refractivity contribution in [2.75, 3.05) is 0 Å². The van der Waals surface area contributed by atoms with Crippen LogP contribution in [0.3, 0.4) is 0 Å². The topological polar surface area (TPSA) is 17.1 Å². The Morgan fingerprint density at radius 3 is 2.47 bits per heavy atom. The number of rotatable bonds is 3. The molecule has 0 N–H and O–H groups in total. The van der Waals surface area contributed by atoms with Crippen LogP contribution in [0.1, 0.15) is 17.3 Å². The van der Waals surface area contributed by atoms with Gasteiger partial charge in [-0.1, -0.05) is 33.6 Å². The van der Waals surface area contributed by atoms with Gasteiger partial charge in [-0.05, 0) is 36.4 Å². The van der Waals surface area contributed by atoms with Crippen LogP contribution in [0.25, 0.3) is 0 Å². The van der Waals surface area contributed by atoms with Crippen molar-refractivity contribution in [2.45, 2.75) is 22.2 Å². The predicted octanol–water partition coefficient (Wildman–Crippen LogP) is 4.98. The second kappa shape index (κ2) is 5.63. The molecule has 0 radical (unpaired) electrons. The summed E-state index contributed by atoms with van der Waals surface area (Å²) in [5.41, 5.74) is -3.88. The molecule has 1 atom stereocenters. The second-order valence-electron chi connectivity index (χ2n) is 3.20. The van der Waals surface area contributed by atoms with Gasteiger partial charge >= 0.3 is 5.51 Å². The Morgan fingerprint density at radius 1 is 1.47 bits per heavy atom. The van der Waals surface area contributed by atoms with Crippen molar-refractivity contribution in [1.82, 2.24) is 0 Å². The number of carbonyl (C=O) groups excluding carboxylic acids is 1. The van der Waals surface area contributed by atoms with Crippen LogP contribution in [0.4, 0.5) is 13.2 Å². The second-order valence-corrected chi connectivity index (χ2v) is 5.67. The molecule has 0 amide bonds. The molecule has 0 aliphatic rings. The zero-order valence-electron chi connectivity index (χ0n) is 8.52. The van der Waals surface area contributed by atoms with E-state index in [4.69, 9.17) is 11.6 Å². The fraction of sp³-hybridized carbons (Fsp3) is 0.300. The van der Waals surface area contributed by atoms with Crippen LogP contribution in [0.5, 0.6) is 0 Å². The first-order chi connectivity index (χ1) is 7.70. The van der Waals surface area contributed by atoms with Crippen molar-refractivity contribution in [3.8, 4) is 0 Å². The molecule has 94 valence electrons. The van der Waals surface area contributed by atoms with Gasteiger partial charge in [0.25, 0.3) is 0 Å². The largest absolute Gasteiger partial charge is 0.446 e. The number of thioether (sulfide) groups is 1. The summed E-state index contributed by atoms with van der Waals surface area (Å²) in [6.07, 6.45) is 0. The van der Waals surface area contributed by atoms with Gasteiger partial charge < -0.3 is 0 Å². The molecule has 1 aromatic carbocycles. The van der Waals surface area contributed by atoms with E-state index in [1.165, 1.54) is 25.1 Å². The minimum Gasteiger partial charge on any atom is -0.298 e. The van der Waals surface area contributed by atoms with Gasteiger partial charge in [-0.2, -0.15) is 13.2 Å². The summed E-state index contributed by atoms with van der Waals surface area (Å²) in [7, 11) is 0. The van der Waals surface area contributed by atoms with Gasteiger partial charge in [-0.3, -0.25) is 4.79 Å². The number of carbonyl (C=O) groups is 1. The Bertz CT molecular complexity index is 436. The summed E-state index contributed by atoms with van der Waals surface area (Å²) in [5, 5.41) is 0.135. The third-order valence-electron chi connectivity index (χ3n) is 1.84. The van der Waals surface area contributed by atoms with Crippen molar-refractivity contribution in [1.29, 1.82) is 0 Å². The minimum atomic E-state index is -4.35. The van der Waals surface area contributed by atoms with Crippen LogP contribution in [0, 0.1) is 0 Å². The van der Waals surface area contributed by atoms with E-state index in [1.54, 1.807) is 0 Å². The van der Waals surface area contributed by atoms with E-state index >= 15 is 0 Å². The van der Waals surface area contributed by atoms with Crippen molar-refractivity contribution in [2.24, 2.45) is 0 Å². The van der Waals surface area contributed by atoms with E-state index < -0.39 is 10.3 Å². The third-order valence-corrected chi connectivity index (χ3v) is 4.02. The van der Waals surface area contributed by atoms with Crippen LogP contribution < -0.4 is 0 Å². The van der Waals surface area contributed by atoms with Gasteiger partial charge in [0.15, 0.2) is 0 Å². The molecule has 1 rings (SSSR count). The molecule has 0 bridgehead atoms. The quantitative estimate of drug-likeness (QED) is 0.567. The van der Waals surface area contributed by atoms with Gasteiger partial charge in [-0.25, -0.2) is 0 Å². The highest BCUT2D eigenvalue weighted by molar-refractivity contribution is 9.09. The third kappa shape index (κ3) is 4.52. The van der Waals surface area contributed by atoms with E-state index in [0.717, 1.165) is 0 Å². The average molecular weight is 348 g/mol. The Balaban J connectivity index is 2.98. The Hall–Kier alpha value is -0.200. The fourth-order valence-corrected chi connectivity index (χ4v) is 2.60. The van der Waals surface area contributed by atoms with E-state index in [1.807, 2.05) is 0 Å². The SMILES string of the molecule is CC(=O)C(Br)c1ccc(SC(F)(F)F)cc1Cl. The maximum Gasteiger partial charge on any atom is 0.446 e. The molecule has 0 aliphatic carbocycles. The Morgan fingerprint density at radius 2 is 2.06 bits per heavy atom. The first-order valence-corrected chi connectivity index (χ1v) is 6.51. The summed E-state index contributed by atoms with van der Waals surface area (Å²) in [5.74, 6) is -0.164. The molecule has 7 heteroatoms. The van der Waals surface area contributed by atoms with Crippen molar-refractivity contribution >= 4 is 45.1 Å². The molecule has 0 aliphatic heterocycles. The summed E-state index contributed by atoms with van der Waals surface area (Å²) >= 11 is 8.72. The van der Waals surface area contributed by atoms with E-state index in [-0.39, 0.29) is 27.5 Å². The number of hydrogen-bond donors (Lipinski definition) is 0. The first-order valence-electron chi connectivity index (χ1n) is 4.40. The van der Waals surface area contributed by atoms with E-state index in [0.29, 0.717) is 5.56 Å². The summed E-state index contributed by atoms with van der Waals surface area (Å²) in [6, 6.07) is 3.90. The molecule has 0 heterocycles. The zero-order valence-corrected chi connectivity index (χ0v) is 11.7. The lowest BCUT2D eigenvalue weighted by molar-refractivity contribution is -0.116. The highest BCUT2D eigenvalue weighted by Crippen LogP contribution is 2.39. The molecule has 0 aromatic heterocycles. The molecule has 1 unspecified atom stereocenters. The van der Waals surface area contributed by atoms with Crippen LogP contribution in [-0.4, -0.2) is 11.3 Å². The molecule has 17 heavy (non-hydrogen) atoms. The van der Waals surface area contributed by atoms with E-state index in [9.17, 15) is 18.0 Å². The first kappa shape index (κ1) is 14.9. The number of hydrogen-bond acceptors (Lipinski definition) is 2. The van der Waals surface area contributed by atoms with Crippen LogP contribution in [0.15, 0.2) is 23.1 Å². The van der Waals surface area contributed by atoms with Gasteiger partial charge in [-0.15, -0.1) is 0 Å². The summed E-state index contributed by atoms with van der Waals surface area (Å²) in [4.78, 5) is 10.5. The molecule has 0 spiro atoms. The standard InChI is InChI=1S/C10H7BrClF3OS/c1-5(16)9(11)7-3-2-6(4-8(7)12)17-10(13,14)15/h2-4,9H,1H3. The number of alkyl halides is 4. The number of halogens is 5. The van der Waals surface area contributed by atoms with Gasteiger partial charge in [0.1, 0.15) is 5.78 Å². The molecular weight excluding hydrogens is 341 g/mol. The molecule has 0 saturated heterocycles. The Kier molecular flexibility index (Phi) is 4.92. The zero-order chi connectivity index (χ0) is 13.2.